The normalized spacial score (nSPS) is 19.1. The van der Waals surface area contributed by atoms with Gasteiger partial charge in [-0.2, -0.15) is 0 Å². The lowest BCUT2D eigenvalue weighted by atomic mass is 9.94. The Morgan fingerprint density at radius 2 is 1.86 bits per heavy atom. The number of aryl methyl sites for hydroxylation is 1. The number of aromatic amines is 1. The van der Waals surface area contributed by atoms with Gasteiger partial charge in [-0.15, -0.1) is 0 Å². The molecule has 2 aliphatic rings. The predicted molar refractivity (Wildman–Crippen MR) is 129 cm³/mol. The third kappa shape index (κ3) is 3.42. The first-order valence-corrected chi connectivity index (χ1v) is 11.3. The zero-order valence-corrected chi connectivity index (χ0v) is 18.6. The van der Waals surface area contributed by atoms with Crippen molar-refractivity contribution >= 4 is 34.4 Å². The van der Waals surface area contributed by atoms with E-state index in [1.165, 1.54) is 17.0 Å². The number of phenolic OH excluding ortho intramolecular Hbond substituents is 1. The lowest BCUT2D eigenvalue weighted by Crippen LogP contribution is -2.30. The summed E-state index contributed by atoms with van der Waals surface area (Å²) in [6.45, 7) is 0.641. The maximum atomic E-state index is 13.3. The van der Waals surface area contributed by atoms with Gasteiger partial charge in [0.15, 0.2) is 0 Å². The van der Waals surface area contributed by atoms with E-state index in [4.69, 9.17) is 4.74 Å². The number of hydrogen-bond donors (Lipinski definition) is 3. The lowest BCUT2D eigenvalue weighted by molar-refractivity contribution is -0.132. The number of benzene rings is 3. The summed E-state index contributed by atoms with van der Waals surface area (Å²) in [5, 5.41) is 21.2. The molecule has 6 rings (SSSR count). The number of hydrogen-bond acceptors (Lipinski definition) is 6. The molecule has 1 aromatic heterocycles. The highest BCUT2D eigenvalue weighted by Crippen LogP contribution is 2.42. The van der Waals surface area contributed by atoms with Crippen molar-refractivity contribution in [2.75, 3.05) is 11.5 Å². The predicted octanol–water partition coefficient (Wildman–Crippen LogP) is 4.22. The molecule has 0 radical (unpaired) electrons. The van der Waals surface area contributed by atoms with Crippen LogP contribution < -0.4 is 9.64 Å². The molecule has 3 aromatic carbocycles. The number of ether oxygens (including phenoxy) is 1. The summed E-state index contributed by atoms with van der Waals surface area (Å²) in [6.07, 6.45) is 1.66. The standard InChI is InChI=1S/C27H21N3O5/c31-18-10-7-15(8-11-18)23-22(24(32)17-9-12-21-16(14-17)4-3-13-35-21)25(33)26(34)30(23)27-28-19-5-1-2-6-20(19)29-27/h1-2,5-12,14,23,31-32H,3-4,13H2,(H,28,29)/b24-22+. The second-order valence-corrected chi connectivity index (χ2v) is 8.61. The van der Waals surface area contributed by atoms with Crippen LogP contribution in [0.5, 0.6) is 11.5 Å². The number of anilines is 1. The number of nitrogens with one attached hydrogen (secondary N) is 1. The van der Waals surface area contributed by atoms with Gasteiger partial charge < -0.3 is 19.9 Å². The molecule has 1 amide bonds. The summed E-state index contributed by atoms with van der Waals surface area (Å²) in [7, 11) is 0. The minimum atomic E-state index is -0.941. The summed E-state index contributed by atoms with van der Waals surface area (Å²) in [5.74, 6) is -0.882. The molecule has 0 saturated carbocycles. The summed E-state index contributed by atoms with van der Waals surface area (Å²) in [6, 6.07) is 17.8. The average molecular weight is 467 g/mol. The fourth-order valence-electron chi connectivity index (χ4n) is 4.74. The fraction of sp³-hybridized carbons (Fsp3) is 0.148. The number of imidazole rings is 1. The summed E-state index contributed by atoms with van der Waals surface area (Å²) in [4.78, 5) is 35.5. The Hall–Kier alpha value is -4.59. The monoisotopic (exact) mass is 467 g/mol. The first-order chi connectivity index (χ1) is 17.0. The molecular formula is C27H21N3O5. The molecule has 4 aromatic rings. The molecule has 0 aliphatic carbocycles. The van der Waals surface area contributed by atoms with Crippen molar-refractivity contribution in [1.82, 2.24) is 9.97 Å². The zero-order chi connectivity index (χ0) is 24.1. The number of nitrogens with zero attached hydrogens (tertiary/aromatic N) is 2. The van der Waals surface area contributed by atoms with Crippen molar-refractivity contribution in [3.05, 3.63) is 89.0 Å². The van der Waals surface area contributed by atoms with Crippen LogP contribution in [0.1, 0.15) is 29.2 Å². The number of carbonyl (C=O) groups is 2. The van der Waals surface area contributed by atoms with Gasteiger partial charge in [0.2, 0.25) is 5.95 Å². The van der Waals surface area contributed by atoms with Crippen LogP contribution in [0.3, 0.4) is 0 Å². The Kier molecular flexibility index (Phi) is 4.81. The Morgan fingerprint density at radius 3 is 2.66 bits per heavy atom. The van der Waals surface area contributed by atoms with Gasteiger partial charge in [0.05, 0.1) is 29.3 Å². The average Bonchev–Trinajstić information content (AvgIpc) is 3.42. The molecule has 1 atom stereocenters. The summed E-state index contributed by atoms with van der Waals surface area (Å²) < 4.78 is 5.66. The zero-order valence-electron chi connectivity index (χ0n) is 18.6. The van der Waals surface area contributed by atoms with Crippen LogP contribution >= 0.6 is 0 Å². The summed E-state index contributed by atoms with van der Waals surface area (Å²) in [5.41, 5.74) is 3.23. The number of phenols is 1. The lowest BCUT2D eigenvalue weighted by Gasteiger charge is -2.23. The van der Waals surface area contributed by atoms with Crippen molar-refractivity contribution in [1.29, 1.82) is 0 Å². The number of aromatic nitrogens is 2. The molecule has 3 heterocycles. The van der Waals surface area contributed by atoms with E-state index in [0.717, 1.165) is 24.2 Å². The highest BCUT2D eigenvalue weighted by atomic mass is 16.5. The van der Waals surface area contributed by atoms with E-state index in [0.29, 0.717) is 28.8 Å². The van der Waals surface area contributed by atoms with Crippen LogP contribution in [0.2, 0.25) is 0 Å². The molecule has 35 heavy (non-hydrogen) atoms. The third-order valence-corrected chi connectivity index (χ3v) is 6.44. The van der Waals surface area contributed by atoms with E-state index < -0.39 is 17.7 Å². The summed E-state index contributed by atoms with van der Waals surface area (Å²) >= 11 is 0. The van der Waals surface area contributed by atoms with Crippen molar-refractivity contribution in [3.8, 4) is 11.5 Å². The number of amides is 1. The molecule has 1 saturated heterocycles. The van der Waals surface area contributed by atoms with Gasteiger partial charge in [-0.05, 0) is 66.4 Å². The number of H-pyrrole nitrogens is 1. The highest BCUT2D eigenvalue weighted by molar-refractivity contribution is 6.51. The van der Waals surface area contributed by atoms with Gasteiger partial charge >= 0.3 is 5.91 Å². The fourth-order valence-corrected chi connectivity index (χ4v) is 4.74. The number of aliphatic hydroxyl groups excluding tert-OH is 1. The van der Waals surface area contributed by atoms with Gasteiger partial charge in [0.1, 0.15) is 17.3 Å². The van der Waals surface area contributed by atoms with Gasteiger partial charge in [0.25, 0.3) is 5.78 Å². The van der Waals surface area contributed by atoms with Crippen LogP contribution in [0.25, 0.3) is 16.8 Å². The van der Waals surface area contributed by atoms with Gasteiger partial charge in [-0.3, -0.25) is 14.5 Å². The Labute approximate surface area is 200 Å². The van der Waals surface area contributed by atoms with Crippen LogP contribution in [0.4, 0.5) is 5.95 Å². The molecular weight excluding hydrogens is 446 g/mol. The molecule has 8 heteroatoms. The number of rotatable bonds is 3. The number of para-hydroxylation sites is 2. The van der Waals surface area contributed by atoms with E-state index in [1.807, 2.05) is 18.2 Å². The van der Waals surface area contributed by atoms with Crippen molar-refractivity contribution < 1.29 is 24.5 Å². The maximum absolute atomic E-state index is 13.3. The number of carbonyl (C=O) groups excluding carboxylic acids is 2. The molecule has 174 valence electrons. The van der Waals surface area contributed by atoms with Crippen LogP contribution in [0, 0.1) is 0 Å². The van der Waals surface area contributed by atoms with Crippen LogP contribution in [0.15, 0.2) is 72.3 Å². The molecule has 3 N–H and O–H groups in total. The van der Waals surface area contributed by atoms with Crippen molar-refractivity contribution in [2.45, 2.75) is 18.9 Å². The first kappa shape index (κ1) is 21.0. The Bertz CT molecular complexity index is 1490. The topological polar surface area (TPSA) is 116 Å². The third-order valence-electron chi connectivity index (χ3n) is 6.44. The highest BCUT2D eigenvalue weighted by Gasteiger charge is 2.48. The van der Waals surface area contributed by atoms with Crippen molar-refractivity contribution in [2.24, 2.45) is 0 Å². The van der Waals surface area contributed by atoms with E-state index >= 15 is 0 Å². The minimum absolute atomic E-state index is 0.0437. The SMILES string of the molecule is O=C1C(=O)N(c2nc3ccccc3[nH]2)C(c2ccc(O)cc2)/C1=C(\O)c1ccc2c(c1)CCCO2. The van der Waals surface area contributed by atoms with Crippen LogP contribution in [-0.4, -0.2) is 38.5 Å². The van der Waals surface area contributed by atoms with Gasteiger partial charge in [0, 0.05) is 5.56 Å². The molecule has 8 nitrogen and oxygen atoms in total. The van der Waals surface area contributed by atoms with E-state index in [-0.39, 0.29) is 23.0 Å². The first-order valence-electron chi connectivity index (χ1n) is 11.3. The van der Waals surface area contributed by atoms with Crippen molar-refractivity contribution in [3.63, 3.8) is 0 Å². The van der Waals surface area contributed by atoms with E-state index in [9.17, 15) is 19.8 Å². The number of fused-ring (bicyclic) bond motifs is 2. The molecule has 1 fully saturated rings. The van der Waals surface area contributed by atoms with Gasteiger partial charge in [-0.1, -0.05) is 24.3 Å². The molecule has 2 aliphatic heterocycles. The van der Waals surface area contributed by atoms with Gasteiger partial charge in [-0.25, -0.2) is 4.98 Å². The molecule has 0 spiro atoms. The van der Waals surface area contributed by atoms with E-state index in [2.05, 4.69) is 9.97 Å². The minimum Gasteiger partial charge on any atom is -0.508 e. The molecule has 0 bridgehead atoms. The van der Waals surface area contributed by atoms with E-state index in [1.54, 1.807) is 36.4 Å². The second kappa shape index (κ2) is 8.02. The van der Waals surface area contributed by atoms with Crippen LogP contribution in [-0.2, 0) is 16.0 Å². The number of ketones is 1. The number of aliphatic hydroxyl groups is 1. The molecule has 1 unspecified atom stereocenters. The smallest absolute Gasteiger partial charge is 0.302 e. The second-order valence-electron chi connectivity index (χ2n) is 8.61. The largest absolute Gasteiger partial charge is 0.508 e. The Morgan fingerprint density at radius 1 is 1.06 bits per heavy atom. The number of aromatic hydroxyl groups is 1. The number of Topliss-reactive ketones (excluding diaryl/α,β-unsaturated/α-hetero) is 1. The maximum Gasteiger partial charge on any atom is 0.302 e. The Balaban J connectivity index is 1.54. The quantitative estimate of drug-likeness (QED) is 0.236.